The van der Waals surface area contributed by atoms with Crippen molar-refractivity contribution >= 4 is 37.1 Å². The van der Waals surface area contributed by atoms with Gasteiger partial charge < -0.3 is 9.47 Å². The van der Waals surface area contributed by atoms with Crippen molar-refractivity contribution in [3.63, 3.8) is 0 Å². The number of rotatable bonds is 9. The van der Waals surface area contributed by atoms with Gasteiger partial charge in [0.15, 0.2) is 0 Å². The summed E-state index contributed by atoms with van der Waals surface area (Å²) in [5, 5.41) is 6.08. The summed E-state index contributed by atoms with van der Waals surface area (Å²) in [5.74, 6) is 2.05. The van der Waals surface area contributed by atoms with Crippen LogP contribution in [-0.2, 0) is 0 Å². The second-order valence-corrected chi connectivity index (χ2v) is 18.4. The summed E-state index contributed by atoms with van der Waals surface area (Å²) in [5.41, 5.74) is 9.23. The average molecular weight is 651 g/mol. The molecule has 2 aliphatic rings. The SMILES string of the molecule is COc1c(C)cc(P(c2ccccc2)C2CCCCC2)c(-c2c(P(c3ccccc3)C3CCCCC3)cc(C)c(OC)c2C)c1C. The number of hydrogen-bond donors (Lipinski definition) is 0. The summed E-state index contributed by atoms with van der Waals surface area (Å²) in [7, 11) is 2.53. The lowest BCUT2D eigenvalue weighted by atomic mass is 9.92. The summed E-state index contributed by atoms with van der Waals surface area (Å²) in [6, 6.07) is 28.0. The van der Waals surface area contributed by atoms with Crippen LogP contribution < -0.4 is 30.7 Å². The molecule has 2 atom stereocenters. The van der Waals surface area contributed by atoms with Crippen LogP contribution in [0.1, 0.15) is 86.5 Å². The third kappa shape index (κ3) is 6.55. The van der Waals surface area contributed by atoms with E-state index in [0.29, 0.717) is 11.3 Å². The van der Waals surface area contributed by atoms with E-state index in [1.807, 2.05) is 14.2 Å². The molecule has 46 heavy (non-hydrogen) atoms. The topological polar surface area (TPSA) is 18.5 Å². The number of methoxy groups -OCH3 is 2. The van der Waals surface area contributed by atoms with Crippen LogP contribution in [0.5, 0.6) is 11.5 Å². The van der Waals surface area contributed by atoms with Crippen molar-refractivity contribution in [2.45, 2.75) is 103 Å². The first-order chi connectivity index (χ1) is 22.4. The maximum Gasteiger partial charge on any atom is 0.125 e. The lowest BCUT2D eigenvalue weighted by molar-refractivity contribution is 0.408. The standard InChI is InChI=1S/C42H52O2P2/c1-29-27-37(45(33-19-11-7-12-20-33)34-21-13-8-14-22-34)39(31(3)41(29)43-5)40-32(4)42(44-6)30(2)28-38(40)46(35-23-15-9-16-24-35)36-25-17-10-18-26-36/h7,9,11-12,15-16,19-20,23-24,27-28,34,36H,8,10,13-14,17-18,21-22,25-26H2,1-6H3. The zero-order chi connectivity index (χ0) is 32.2. The van der Waals surface area contributed by atoms with Crippen molar-refractivity contribution in [3.05, 3.63) is 95.1 Å². The fourth-order valence-corrected chi connectivity index (χ4v) is 15.1. The predicted octanol–water partition coefficient (Wildman–Crippen LogP) is 10.1. The molecule has 4 heteroatoms. The van der Waals surface area contributed by atoms with Crippen LogP contribution >= 0.6 is 15.8 Å². The van der Waals surface area contributed by atoms with E-state index in [0.717, 1.165) is 11.5 Å². The average Bonchev–Trinajstić information content (AvgIpc) is 3.08. The zero-order valence-electron chi connectivity index (χ0n) is 28.9. The van der Waals surface area contributed by atoms with E-state index in [9.17, 15) is 0 Å². The first-order valence-corrected chi connectivity index (χ1v) is 20.3. The van der Waals surface area contributed by atoms with Crippen LogP contribution in [0, 0.1) is 27.7 Å². The monoisotopic (exact) mass is 650 g/mol. The molecule has 2 saturated carbocycles. The molecular formula is C42H52O2P2. The van der Waals surface area contributed by atoms with Crippen molar-refractivity contribution in [1.82, 2.24) is 0 Å². The summed E-state index contributed by atoms with van der Waals surface area (Å²) in [4.78, 5) is 0. The van der Waals surface area contributed by atoms with Gasteiger partial charge >= 0.3 is 0 Å². The number of benzene rings is 4. The molecule has 2 unspecified atom stereocenters. The van der Waals surface area contributed by atoms with Gasteiger partial charge in [0.1, 0.15) is 11.5 Å². The number of hydrogen-bond acceptors (Lipinski definition) is 2. The Kier molecular flexibility index (Phi) is 10.9. The van der Waals surface area contributed by atoms with Crippen LogP contribution in [0.4, 0.5) is 0 Å². The van der Waals surface area contributed by atoms with Crippen LogP contribution in [0.25, 0.3) is 11.1 Å². The highest BCUT2D eigenvalue weighted by Gasteiger charge is 2.35. The minimum Gasteiger partial charge on any atom is -0.496 e. The highest BCUT2D eigenvalue weighted by molar-refractivity contribution is 7.74. The lowest BCUT2D eigenvalue weighted by Gasteiger charge is -2.37. The molecule has 4 aromatic carbocycles. The highest BCUT2D eigenvalue weighted by atomic mass is 31.1. The molecule has 0 saturated heterocycles. The van der Waals surface area contributed by atoms with E-state index < -0.39 is 15.8 Å². The Labute approximate surface area is 280 Å². The van der Waals surface area contributed by atoms with Crippen LogP contribution in [-0.4, -0.2) is 25.5 Å². The van der Waals surface area contributed by atoms with Gasteiger partial charge in [0, 0.05) is 0 Å². The summed E-state index contributed by atoms with van der Waals surface area (Å²) in [6.07, 6.45) is 13.3. The molecule has 6 rings (SSSR count). The first-order valence-electron chi connectivity index (χ1n) is 17.5. The maximum atomic E-state index is 6.23. The molecule has 4 aromatic rings. The Balaban J connectivity index is 1.71. The molecule has 2 fully saturated rings. The van der Waals surface area contributed by atoms with E-state index in [4.69, 9.17) is 9.47 Å². The lowest BCUT2D eigenvalue weighted by Crippen LogP contribution is -2.29. The second-order valence-electron chi connectivity index (χ2n) is 13.5. The molecule has 0 bridgehead atoms. The molecular weight excluding hydrogens is 598 g/mol. The Bertz CT molecular complexity index is 1500. The van der Waals surface area contributed by atoms with Gasteiger partial charge in [-0.2, -0.15) is 0 Å². The van der Waals surface area contributed by atoms with Crippen molar-refractivity contribution in [2.75, 3.05) is 14.2 Å². The van der Waals surface area contributed by atoms with Gasteiger partial charge in [-0.1, -0.05) is 99.2 Å². The minimum atomic E-state index is -0.587. The quantitative estimate of drug-likeness (QED) is 0.168. The smallest absolute Gasteiger partial charge is 0.125 e. The van der Waals surface area contributed by atoms with Gasteiger partial charge in [0.05, 0.1) is 14.2 Å². The van der Waals surface area contributed by atoms with Crippen molar-refractivity contribution in [2.24, 2.45) is 0 Å². The molecule has 0 amide bonds. The van der Waals surface area contributed by atoms with E-state index in [1.54, 1.807) is 0 Å². The van der Waals surface area contributed by atoms with Gasteiger partial charge in [-0.25, -0.2) is 0 Å². The third-order valence-electron chi connectivity index (χ3n) is 10.5. The Morgan fingerprint density at radius 3 is 1.17 bits per heavy atom. The van der Waals surface area contributed by atoms with Gasteiger partial charge in [-0.15, -0.1) is 0 Å². The van der Waals surface area contributed by atoms with Gasteiger partial charge in [0.25, 0.3) is 0 Å². The van der Waals surface area contributed by atoms with E-state index in [-0.39, 0.29) is 0 Å². The van der Waals surface area contributed by atoms with E-state index in [2.05, 4.69) is 100 Å². The molecule has 0 spiro atoms. The Morgan fingerprint density at radius 1 is 0.500 bits per heavy atom. The Hall–Kier alpha value is -2.66. The molecule has 2 nitrogen and oxygen atoms in total. The molecule has 0 aliphatic heterocycles. The molecule has 0 N–H and O–H groups in total. The Morgan fingerprint density at radius 2 is 0.848 bits per heavy atom. The fourth-order valence-electron chi connectivity index (χ4n) is 8.48. The number of ether oxygens (including phenoxy) is 2. The summed E-state index contributed by atoms with van der Waals surface area (Å²) < 4.78 is 12.5. The van der Waals surface area contributed by atoms with Crippen LogP contribution in [0.3, 0.4) is 0 Å². The van der Waals surface area contributed by atoms with Crippen LogP contribution in [0.15, 0.2) is 72.8 Å². The van der Waals surface area contributed by atoms with Crippen molar-refractivity contribution in [3.8, 4) is 22.6 Å². The predicted molar refractivity (Wildman–Crippen MR) is 203 cm³/mol. The molecule has 0 radical (unpaired) electrons. The molecule has 0 aromatic heterocycles. The van der Waals surface area contributed by atoms with Gasteiger partial charge in [-0.3, -0.25) is 0 Å². The number of aryl methyl sites for hydroxylation is 2. The first kappa shape index (κ1) is 33.2. The summed E-state index contributed by atoms with van der Waals surface area (Å²) >= 11 is 0. The molecule has 242 valence electrons. The second kappa shape index (κ2) is 15.0. The summed E-state index contributed by atoms with van der Waals surface area (Å²) in [6.45, 7) is 9.15. The van der Waals surface area contributed by atoms with E-state index >= 15 is 0 Å². The zero-order valence-corrected chi connectivity index (χ0v) is 30.7. The highest BCUT2D eigenvalue weighted by Crippen LogP contribution is 2.54. The van der Waals surface area contributed by atoms with Crippen molar-refractivity contribution in [1.29, 1.82) is 0 Å². The fraction of sp³-hybridized carbons (Fsp3) is 0.429. The molecule has 2 aliphatic carbocycles. The van der Waals surface area contributed by atoms with Gasteiger partial charge in [-0.05, 0) is 147 Å². The largest absolute Gasteiger partial charge is 0.496 e. The van der Waals surface area contributed by atoms with Crippen molar-refractivity contribution < 1.29 is 9.47 Å². The third-order valence-corrected chi connectivity index (χ3v) is 16.4. The minimum absolute atomic E-state index is 0.587. The maximum absolute atomic E-state index is 6.23. The molecule has 0 heterocycles. The van der Waals surface area contributed by atoms with Crippen LogP contribution in [0.2, 0.25) is 0 Å². The van der Waals surface area contributed by atoms with Gasteiger partial charge in [0.2, 0.25) is 0 Å². The normalized spacial score (nSPS) is 17.4. The van der Waals surface area contributed by atoms with E-state index in [1.165, 1.54) is 119 Å².